The van der Waals surface area contributed by atoms with Crippen LogP contribution in [-0.2, 0) is 0 Å². The van der Waals surface area contributed by atoms with Crippen LogP contribution >= 0.6 is 0 Å². The van der Waals surface area contributed by atoms with Gasteiger partial charge in [-0.25, -0.2) is 0 Å². The summed E-state index contributed by atoms with van der Waals surface area (Å²) in [6, 6.07) is 0.659. The predicted octanol–water partition coefficient (Wildman–Crippen LogP) is 1.49. The molecule has 1 aliphatic heterocycles. The molecule has 2 heteroatoms. The van der Waals surface area contributed by atoms with E-state index in [1.807, 2.05) is 6.92 Å². The number of hydrogen-bond acceptors (Lipinski definition) is 2. The first-order chi connectivity index (χ1) is 5.65. The Labute approximate surface area is 75.6 Å². The Morgan fingerprint density at radius 2 is 2.17 bits per heavy atom. The van der Waals surface area contributed by atoms with Gasteiger partial charge in [0.1, 0.15) is 0 Å². The number of aliphatic hydroxyl groups is 1. The topological polar surface area (TPSA) is 23.5 Å². The molecule has 1 saturated heterocycles. The fourth-order valence-corrected chi connectivity index (χ4v) is 1.83. The molecule has 0 aromatic heterocycles. The first-order valence-corrected chi connectivity index (χ1v) is 5.07. The van der Waals surface area contributed by atoms with Gasteiger partial charge < -0.3 is 5.11 Å². The van der Waals surface area contributed by atoms with Crippen LogP contribution in [-0.4, -0.2) is 35.2 Å². The summed E-state index contributed by atoms with van der Waals surface area (Å²) in [6.45, 7) is 8.62. The molecule has 72 valence electrons. The molecule has 1 heterocycles. The molecule has 2 unspecified atom stereocenters. The van der Waals surface area contributed by atoms with Crippen molar-refractivity contribution in [2.24, 2.45) is 5.92 Å². The predicted molar refractivity (Wildman–Crippen MR) is 51.1 cm³/mol. The monoisotopic (exact) mass is 171 g/mol. The van der Waals surface area contributed by atoms with E-state index < -0.39 is 0 Å². The van der Waals surface area contributed by atoms with Crippen molar-refractivity contribution in [3.63, 3.8) is 0 Å². The summed E-state index contributed by atoms with van der Waals surface area (Å²) >= 11 is 0. The molecule has 1 fully saturated rings. The number of hydrogen-bond donors (Lipinski definition) is 1. The molecule has 0 bridgehead atoms. The number of likely N-dealkylation sites (tertiary alicyclic amines) is 1. The van der Waals surface area contributed by atoms with E-state index in [0.29, 0.717) is 6.04 Å². The van der Waals surface area contributed by atoms with Crippen molar-refractivity contribution in [1.82, 2.24) is 4.90 Å². The van der Waals surface area contributed by atoms with Gasteiger partial charge in [0.15, 0.2) is 0 Å². The number of aliphatic hydroxyl groups excluding tert-OH is 1. The first kappa shape index (κ1) is 10.0. The van der Waals surface area contributed by atoms with E-state index in [1.54, 1.807) is 0 Å². The molecule has 2 nitrogen and oxygen atoms in total. The Kier molecular flexibility index (Phi) is 3.53. The van der Waals surface area contributed by atoms with E-state index in [4.69, 9.17) is 0 Å². The minimum Gasteiger partial charge on any atom is -0.392 e. The lowest BCUT2D eigenvalue weighted by atomic mass is 10.1. The van der Waals surface area contributed by atoms with Crippen LogP contribution in [0, 0.1) is 5.92 Å². The zero-order valence-electron chi connectivity index (χ0n) is 8.45. The van der Waals surface area contributed by atoms with Crippen molar-refractivity contribution in [1.29, 1.82) is 0 Å². The second-order valence-corrected chi connectivity index (χ2v) is 4.06. The van der Waals surface area contributed by atoms with Crippen LogP contribution in [0.3, 0.4) is 0 Å². The van der Waals surface area contributed by atoms with Gasteiger partial charge in [-0.05, 0) is 32.2 Å². The van der Waals surface area contributed by atoms with Crippen molar-refractivity contribution >= 4 is 0 Å². The summed E-state index contributed by atoms with van der Waals surface area (Å²) < 4.78 is 0. The zero-order valence-corrected chi connectivity index (χ0v) is 8.45. The Bertz CT molecular complexity index is 138. The van der Waals surface area contributed by atoms with Crippen LogP contribution in [0.5, 0.6) is 0 Å². The molecule has 1 rings (SSSR count). The van der Waals surface area contributed by atoms with Gasteiger partial charge in [0.2, 0.25) is 0 Å². The second kappa shape index (κ2) is 4.24. The maximum atomic E-state index is 9.48. The fraction of sp³-hybridized carbons (Fsp3) is 1.00. The van der Waals surface area contributed by atoms with E-state index in [0.717, 1.165) is 18.9 Å². The van der Waals surface area contributed by atoms with Crippen LogP contribution in [0.25, 0.3) is 0 Å². The Balaban J connectivity index is 2.33. The molecule has 0 radical (unpaired) electrons. The average molecular weight is 171 g/mol. The average Bonchev–Trinajstić information content (AvgIpc) is 2.36. The normalized spacial score (nSPS) is 34.0. The Morgan fingerprint density at radius 3 is 2.58 bits per heavy atom. The molecular formula is C10H21NO. The van der Waals surface area contributed by atoms with E-state index >= 15 is 0 Å². The quantitative estimate of drug-likeness (QED) is 0.695. The minimum absolute atomic E-state index is 0.127. The maximum Gasteiger partial charge on any atom is 0.0664 e. The first-order valence-electron chi connectivity index (χ1n) is 5.07. The van der Waals surface area contributed by atoms with E-state index in [1.165, 1.54) is 13.0 Å². The van der Waals surface area contributed by atoms with Crippen molar-refractivity contribution in [3.05, 3.63) is 0 Å². The maximum absolute atomic E-state index is 9.48. The standard InChI is InChI=1S/C10H21NO/c1-4-10(12)7-11-6-5-8(2)9(11)3/h8-10,12H,4-7H2,1-3H3/t8?,9?,10-/m0/s1. The Hall–Kier alpha value is -0.0800. The van der Waals surface area contributed by atoms with Gasteiger partial charge in [-0.2, -0.15) is 0 Å². The summed E-state index contributed by atoms with van der Waals surface area (Å²) in [6.07, 6.45) is 2.03. The highest BCUT2D eigenvalue weighted by atomic mass is 16.3. The van der Waals surface area contributed by atoms with Crippen LogP contribution in [0.4, 0.5) is 0 Å². The largest absolute Gasteiger partial charge is 0.392 e. The summed E-state index contributed by atoms with van der Waals surface area (Å²) in [4.78, 5) is 2.40. The summed E-state index contributed by atoms with van der Waals surface area (Å²) in [5.74, 6) is 0.800. The summed E-state index contributed by atoms with van der Waals surface area (Å²) in [7, 11) is 0. The van der Waals surface area contributed by atoms with Gasteiger partial charge in [-0.1, -0.05) is 13.8 Å². The minimum atomic E-state index is -0.127. The smallest absolute Gasteiger partial charge is 0.0664 e. The van der Waals surface area contributed by atoms with Crippen LogP contribution in [0.2, 0.25) is 0 Å². The molecule has 3 atom stereocenters. The zero-order chi connectivity index (χ0) is 9.14. The van der Waals surface area contributed by atoms with Crippen molar-refractivity contribution in [3.8, 4) is 0 Å². The highest BCUT2D eigenvalue weighted by Crippen LogP contribution is 2.23. The van der Waals surface area contributed by atoms with Crippen molar-refractivity contribution in [2.75, 3.05) is 13.1 Å². The molecule has 1 aliphatic rings. The van der Waals surface area contributed by atoms with Gasteiger partial charge in [-0.3, -0.25) is 4.90 Å². The van der Waals surface area contributed by atoms with Gasteiger partial charge >= 0.3 is 0 Å². The second-order valence-electron chi connectivity index (χ2n) is 4.06. The van der Waals surface area contributed by atoms with Crippen LogP contribution in [0.1, 0.15) is 33.6 Å². The number of nitrogens with zero attached hydrogens (tertiary/aromatic N) is 1. The molecule has 0 spiro atoms. The van der Waals surface area contributed by atoms with E-state index in [9.17, 15) is 5.11 Å². The fourth-order valence-electron chi connectivity index (χ4n) is 1.83. The highest BCUT2D eigenvalue weighted by molar-refractivity contribution is 4.82. The van der Waals surface area contributed by atoms with Gasteiger partial charge in [0, 0.05) is 12.6 Å². The molecule has 12 heavy (non-hydrogen) atoms. The SMILES string of the molecule is CC[C@H](O)CN1CCC(C)C1C. The number of β-amino-alcohol motifs (C(OH)–C–C–N with tert-alkyl or cyclic N) is 1. The summed E-state index contributed by atoms with van der Waals surface area (Å²) in [5.41, 5.74) is 0. The molecular weight excluding hydrogens is 150 g/mol. The van der Waals surface area contributed by atoms with E-state index in [-0.39, 0.29) is 6.10 Å². The molecule has 0 aromatic carbocycles. The van der Waals surface area contributed by atoms with Gasteiger partial charge in [0.25, 0.3) is 0 Å². The van der Waals surface area contributed by atoms with E-state index in [2.05, 4.69) is 18.7 Å². The molecule has 0 saturated carbocycles. The third-order valence-corrected chi connectivity index (χ3v) is 3.19. The highest BCUT2D eigenvalue weighted by Gasteiger charge is 2.27. The van der Waals surface area contributed by atoms with Crippen LogP contribution in [0.15, 0.2) is 0 Å². The molecule has 0 aromatic rings. The van der Waals surface area contributed by atoms with Crippen molar-refractivity contribution < 1.29 is 5.11 Å². The Morgan fingerprint density at radius 1 is 1.50 bits per heavy atom. The summed E-state index contributed by atoms with van der Waals surface area (Å²) in [5, 5.41) is 9.48. The number of rotatable bonds is 3. The van der Waals surface area contributed by atoms with Gasteiger partial charge in [-0.15, -0.1) is 0 Å². The lowest BCUT2D eigenvalue weighted by Gasteiger charge is -2.25. The molecule has 1 N–H and O–H groups in total. The molecule has 0 amide bonds. The molecule has 0 aliphatic carbocycles. The third-order valence-electron chi connectivity index (χ3n) is 3.19. The third kappa shape index (κ3) is 2.20. The van der Waals surface area contributed by atoms with Gasteiger partial charge in [0.05, 0.1) is 6.10 Å². The lowest BCUT2D eigenvalue weighted by molar-refractivity contribution is 0.102. The van der Waals surface area contributed by atoms with Crippen LogP contribution < -0.4 is 0 Å². The van der Waals surface area contributed by atoms with Crippen molar-refractivity contribution in [2.45, 2.75) is 45.8 Å². The lowest BCUT2D eigenvalue weighted by Crippen LogP contribution is -2.35.